The van der Waals surface area contributed by atoms with Gasteiger partial charge in [-0.3, -0.25) is 25.2 Å². The molecule has 0 atom stereocenters. The molecule has 3 amide bonds. The molecular weight excluding hydrogens is 318 g/mol. The first kappa shape index (κ1) is 18.2. The number of rotatable bonds is 5. The van der Waals surface area contributed by atoms with Crippen LogP contribution in [0.3, 0.4) is 0 Å². The molecule has 0 saturated carbocycles. The van der Waals surface area contributed by atoms with Gasteiger partial charge in [0.2, 0.25) is 5.91 Å². The highest BCUT2D eigenvalue weighted by molar-refractivity contribution is 5.99. The highest BCUT2D eigenvalue weighted by Crippen LogP contribution is 2.11. The molecule has 3 N–H and O–H groups in total. The van der Waals surface area contributed by atoms with Crippen LogP contribution in [0.4, 0.5) is 5.69 Å². The van der Waals surface area contributed by atoms with Gasteiger partial charge in [0.05, 0.1) is 0 Å². The van der Waals surface area contributed by atoms with Gasteiger partial charge in [0.15, 0.2) is 0 Å². The summed E-state index contributed by atoms with van der Waals surface area (Å²) in [5.74, 6) is -0.628. The molecular formula is C19H21N3O3. The molecule has 0 aromatic heterocycles. The van der Waals surface area contributed by atoms with Crippen molar-refractivity contribution in [2.75, 3.05) is 5.32 Å². The van der Waals surface area contributed by atoms with Crippen LogP contribution < -0.4 is 16.2 Å². The minimum absolute atomic E-state index is 0.0673. The van der Waals surface area contributed by atoms with Gasteiger partial charge in [-0.05, 0) is 42.3 Å². The minimum atomic E-state index is -0.440. The average molecular weight is 339 g/mol. The topological polar surface area (TPSA) is 87.3 Å². The molecule has 0 bridgehead atoms. The zero-order valence-electron chi connectivity index (χ0n) is 14.2. The van der Waals surface area contributed by atoms with E-state index in [0.717, 1.165) is 0 Å². The first-order valence-electron chi connectivity index (χ1n) is 8.01. The number of nitrogens with one attached hydrogen (secondary N) is 3. The summed E-state index contributed by atoms with van der Waals surface area (Å²) in [5, 5.41) is 2.77. The highest BCUT2D eigenvalue weighted by atomic mass is 16.2. The maximum Gasteiger partial charge on any atom is 0.269 e. The summed E-state index contributed by atoms with van der Waals surface area (Å²) in [6.07, 6.45) is 0.438. The smallest absolute Gasteiger partial charge is 0.269 e. The van der Waals surface area contributed by atoms with Gasteiger partial charge in [-0.25, -0.2) is 0 Å². The zero-order valence-corrected chi connectivity index (χ0v) is 14.2. The number of hydrazine groups is 1. The fourth-order valence-electron chi connectivity index (χ4n) is 2.14. The van der Waals surface area contributed by atoms with E-state index in [1.165, 1.54) is 0 Å². The number of anilines is 1. The van der Waals surface area contributed by atoms with Crippen LogP contribution in [0, 0.1) is 5.92 Å². The van der Waals surface area contributed by atoms with Gasteiger partial charge in [0, 0.05) is 23.2 Å². The Morgan fingerprint density at radius 2 is 1.32 bits per heavy atom. The molecule has 0 fully saturated rings. The van der Waals surface area contributed by atoms with Crippen LogP contribution in [0.25, 0.3) is 0 Å². The van der Waals surface area contributed by atoms with Crippen molar-refractivity contribution in [3.8, 4) is 0 Å². The molecule has 0 radical (unpaired) electrons. The lowest BCUT2D eigenvalue weighted by molar-refractivity contribution is -0.116. The lowest BCUT2D eigenvalue weighted by atomic mass is 10.1. The van der Waals surface area contributed by atoms with Crippen LogP contribution in [0.2, 0.25) is 0 Å². The van der Waals surface area contributed by atoms with Gasteiger partial charge >= 0.3 is 0 Å². The van der Waals surface area contributed by atoms with Crippen LogP contribution in [-0.2, 0) is 4.79 Å². The van der Waals surface area contributed by atoms with Gasteiger partial charge in [-0.2, -0.15) is 0 Å². The van der Waals surface area contributed by atoms with E-state index in [9.17, 15) is 14.4 Å². The molecule has 0 heterocycles. The summed E-state index contributed by atoms with van der Waals surface area (Å²) in [6, 6.07) is 15.0. The van der Waals surface area contributed by atoms with Gasteiger partial charge < -0.3 is 5.32 Å². The predicted octanol–water partition coefficient (Wildman–Crippen LogP) is 2.75. The van der Waals surface area contributed by atoms with Crippen LogP contribution in [0.15, 0.2) is 54.6 Å². The van der Waals surface area contributed by atoms with E-state index >= 15 is 0 Å². The Balaban J connectivity index is 1.88. The maximum atomic E-state index is 12.0. The van der Waals surface area contributed by atoms with E-state index in [1.807, 2.05) is 13.8 Å². The molecule has 6 nitrogen and oxygen atoms in total. The molecule has 0 spiro atoms. The summed E-state index contributed by atoms with van der Waals surface area (Å²) < 4.78 is 0. The molecule has 2 aromatic carbocycles. The predicted molar refractivity (Wildman–Crippen MR) is 95.9 cm³/mol. The van der Waals surface area contributed by atoms with Crippen molar-refractivity contribution in [2.45, 2.75) is 20.3 Å². The summed E-state index contributed by atoms with van der Waals surface area (Å²) in [7, 11) is 0. The summed E-state index contributed by atoms with van der Waals surface area (Å²) in [5.41, 5.74) is 6.16. The number of benzene rings is 2. The van der Waals surface area contributed by atoms with Crippen molar-refractivity contribution >= 4 is 23.4 Å². The molecule has 2 aromatic rings. The van der Waals surface area contributed by atoms with E-state index in [2.05, 4.69) is 16.2 Å². The van der Waals surface area contributed by atoms with Gasteiger partial charge in [0.1, 0.15) is 0 Å². The largest absolute Gasteiger partial charge is 0.326 e. The Morgan fingerprint density at radius 3 is 1.84 bits per heavy atom. The third kappa shape index (κ3) is 5.76. The van der Waals surface area contributed by atoms with E-state index in [0.29, 0.717) is 23.2 Å². The summed E-state index contributed by atoms with van der Waals surface area (Å²) >= 11 is 0. The molecule has 0 unspecified atom stereocenters. The third-order valence-electron chi connectivity index (χ3n) is 3.35. The van der Waals surface area contributed by atoms with Crippen LogP contribution in [0.5, 0.6) is 0 Å². The lowest BCUT2D eigenvalue weighted by Crippen LogP contribution is -2.41. The van der Waals surface area contributed by atoms with Crippen molar-refractivity contribution in [1.29, 1.82) is 0 Å². The molecule has 2 rings (SSSR count). The van der Waals surface area contributed by atoms with Crippen molar-refractivity contribution in [3.63, 3.8) is 0 Å². The molecule has 25 heavy (non-hydrogen) atoms. The van der Waals surface area contributed by atoms with E-state index in [1.54, 1.807) is 54.6 Å². The Kier molecular flexibility index (Phi) is 6.28. The summed E-state index contributed by atoms with van der Waals surface area (Å²) in [6.45, 7) is 3.94. The van der Waals surface area contributed by atoms with Gasteiger partial charge in [0.25, 0.3) is 11.8 Å². The number of hydrogen-bond acceptors (Lipinski definition) is 3. The van der Waals surface area contributed by atoms with Crippen LogP contribution in [-0.4, -0.2) is 17.7 Å². The first-order chi connectivity index (χ1) is 12.0. The fourth-order valence-corrected chi connectivity index (χ4v) is 2.14. The minimum Gasteiger partial charge on any atom is -0.326 e. The van der Waals surface area contributed by atoms with Crippen LogP contribution in [0.1, 0.15) is 41.0 Å². The Hall–Kier alpha value is -3.15. The third-order valence-corrected chi connectivity index (χ3v) is 3.35. The van der Waals surface area contributed by atoms with Crippen LogP contribution >= 0.6 is 0 Å². The Labute approximate surface area is 146 Å². The van der Waals surface area contributed by atoms with Gasteiger partial charge in [-0.15, -0.1) is 0 Å². The van der Waals surface area contributed by atoms with Crippen molar-refractivity contribution in [3.05, 3.63) is 65.7 Å². The SMILES string of the molecule is CC(C)CC(=O)Nc1ccc(C(=O)NNC(=O)c2ccccc2)cc1. The summed E-state index contributed by atoms with van der Waals surface area (Å²) in [4.78, 5) is 35.6. The Morgan fingerprint density at radius 1 is 0.800 bits per heavy atom. The highest BCUT2D eigenvalue weighted by Gasteiger charge is 2.10. The second-order valence-corrected chi connectivity index (χ2v) is 6.00. The molecule has 0 saturated heterocycles. The normalized spacial score (nSPS) is 10.2. The average Bonchev–Trinajstić information content (AvgIpc) is 2.60. The second kappa shape index (κ2) is 8.63. The Bertz CT molecular complexity index is 740. The molecule has 130 valence electrons. The number of carbonyl (C=O) groups excluding carboxylic acids is 3. The fraction of sp³-hybridized carbons (Fsp3) is 0.211. The number of amides is 3. The molecule has 6 heteroatoms. The zero-order chi connectivity index (χ0) is 18.2. The monoisotopic (exact) mass is 339 g/mol. The molecule has 0 aliphatic carbocycles. The lowest BCUT2D eigenvalue weighted by Gasteiger charge is -2.09. The van der Waals surface area contributed by atoms with E-state index in [4.69, 9.17) is 0 Å². The van der Waals surface area contributed by atoms with Gasteiger partial charge in [-0.1, -0.05) is 32.0 Å². The molecule has 0 aliphatic heterocycles. The quantitative estimate of drug-likeness (QED) is 0.732. The van der Waals surface area contributed by atoms with E-state index in [-0.39, 0.29) is 11.8 Å². The van der Waals surface area contributed by atoms with Crippen molar-refractivity contribution in [2.24, 2.45) is 5.92 Å². The standard InChI is InChI=1S/C19H21N3O3/c1-13(2)12-17(23)20-16-10-8-15(9-11-16)19(25)22-21-18(24)14-6-4-3-5-7-14/h3-11,13H,12H2,1-2H3,(H,20,23)(H,21,24)(H,22,25). The number of hydrogen-bond donors (Lipinski definition) is 3. The second-order valence-electron chi connectivity index (χ2n) is 6.00. The van der Waals surface area contributed by atoms with Crippen molar-refractivity contribution < 1.29 is 14.4 Å². The van der Waals surface area contributed by atoms with E-state index < -0.39 is 11.8 Å². The van der Waals surface area contributed by atoms with Crippen molar-refractivity contribution in [1.82, 2.24) is 10.9 Å². The first-order valence-corrected chi connectivity index (χ1v) is 8.01. The number of carbonyl (C=O) groups is 3. The molecule has 0 aliphatic rings. The maximum absolute atomic E-state index is 12.0.